The van der Waals surface area contributed by atoms with Gasteiger partial charge in [0, 0.05) is 13.1 Å². The molecule has 11 heavy (non-hydrogen) atoms. The zero-order valence-corrected chi connectivity index (χ0v) is 8.50. The summed E-state index contributed by atoms with van der Waals surface area (Å²) in [6, 6.07) is 0. The van der Waals surface area contributed by atoms with E-state index in [9.17, 15) is 0 Å². The lowest BCUT2D eigenvalue weighted by Gasteiger charge is -2.20. The second kappa shape index (κ2) is 6.88. The number of thiol groups is 1. The molecule has 0 heterocycles. The van der Waals surface area contributed by atoms with Crippen molar-refractivity contribution in [1.82, 2.24) is 4.90 Å². The summed E-state index contributed by atoms with van der Waals surface area (Å²) in [5, 5.41) is 8.65. The van der Waals surface area contributed by atoms with Crippen molar-refractivity contribution in [3.63, 3.8) is 0 Å². The van der Waals surface area contributed by atoms with Crippen LogP contribution in [0.3, 0.4) is 0 Å². The quantitative estimate of drug-likeness (QED) is 0.508. The maximum Gasteiger partial charge on any atom is 0.133 e. The molecule has 0 aliphatic heterocycles. The summed E-state index contributed by atoms with van der Waals surface area (Å²) >= 11 is 8.92. The van der Waals surface area contributed by atoms with Crippen LogP contribution in [-0.2, 0) is 0 Å². The Balaban J connectivity index is 3.60. The highest BCUT2D eigenvalue weighted by molar-refractivity contribution is 8.10. The molecule has 0 radical (unpaired) electrons. The minimum Gasteiger partial charge on any atom is -0.395 e. The highest BCUT2D eigenvalue weighted by Crippen LogP contribution is 1.99. The molecule has 0 aliphatic carbocycles. The molecule has 0 unspecified atom stereocenters. The molecule has 1 N–H and O–H groups in total. The van der Waals surface area contributed by atoms with Crippen molar-refractivity contribution in [2.45, 2.75) is 19.8 Å². The molecule has 0 amide bonds. The molecule has 0 bridgehead atoms. The maximum absolute atomic E-state index is 8.65. The van der Waals surface area contributed by atoms with E-state index >= 15 is 0 Å². The lowest BCUT2D eigenvalue weighted by molar-refractivity contribution is 0.251. The van der Waals surface area contributed by atoms with Gasteiger partial charge in [0.05, 0.1) is 6.61 Å². The molecule has 0 aromatic carbocycles. The Morgan fingerprint density at radius 2 is 2.18 bits per heavy atom. The number of aliphatic hydroxyl groups excluding tert-OH is 1. The molecule has 0 aromatic rings. The smallest absolute Gasteiger partial charge is 0.133 e. The van der Waals surface area contributed by atoms with Crippen LogP contribution in [0.2, 0.25) is 0 Å². The van der Waals surface area contributed by atoms with Crippen molar-refractivity contribution in [2.75, 3.05) is 19.7 Å². The third-order valence-corrected chi connectivity index (χ3v) is 1.96. The number of nitrogens with zero attached hydrogens (tertiary/aromatic N) is 1. The van der Waals surface area contributed by atoms with Gasteiger partial charge < -0.3 is 10.0 Å². The molecular formula is C7H15NOS2. The molecule has 0 saturated heterocycles. The van der Waals surface area contributed by atoms with Crippen LogP contribution in [0.1, 0.15) is 19.8 Å². The summed E-state index contributed by atoms with van der Waals surface area (Å²) in [5.74, 6) is 0. The molecule has 0 saturated carbocycles. The van der Waals surface area contributed by atoms with Crippen molar-refractivity contribution in [1.29, 1.82) is 0 Å². The largest absolute Gasteiger partial charge is 0.395 e. The third kappa shape index (κ3) is 5.47. The van der Waals surface area contributed by atoms with Crippen molar-refractivity contribution in [3.05, 3.63) is 0 Å². The standard InChI is InChI=1S/C7H15NOS2/c1-2-3-4-8(5-6-9)7(10)11/h9H,2-6H2,1H3,(H,10,11). The number of unbranched alkanes of at least 4 members (excludes halogenated alkanes) is 1. The van der Waals surface area contributed by atoms with Gasteiger partial charge in [0.25, 0.3) is 0 Å². The fourth-order valence-electron chi connectivity index (χ4n) is 0.773. The topological polar surface area (TPSA) is 23.5 Å². The van der Waals surface area contributed by atoms with Crippen LogP contribution < -0.4 is 0 Å². The Kier molecular flexibility index (Phi) is 7.01. The molecule has 0 rings (SSSR count). The van der Waals surface area contributed by atoms with Gasteiger partial charge in [-0.1, -0.05) is 25.6 Å². The average Bonchev–Trinajstić information content (AvgIpc) is 1.97. The van der Waals surface area contributed by atoms with E-state index in [2.05, 4.69) is 19.6 Å². The molecule has 0 spiro atoms. The SMILES string of the molecule is CCCCN(CCO)C(=S)S. The molecule has 0 aromatic heterocycles. The van der Waals surface area contributed by atoms with Crippen LogP contribution in [0.5, 0.6) is 0 Å². The van der Waals surface area contributed by atoms with E-state index in [1.807, 2.05) is 4.90 Å². The van der Waals surface area contributed by atoms with Gasteiger partial charge in [0.1, 0.15) is 4.32 Å². The Morgan fingerprint density at radius 3 is 2.55 bits per heavy atom. The van der Waals surface area contributed by atoms with Crippen LogP contribution in [-0.4, -0.2) is 34.0 Å². The first-order valence-electron chi connectivity index (χ1n) is 3.81. The zero-order chi connectivity index (χ0) is 8.69. The summed E-state index contributed by atoms with van der Waals surface area (Å²) in [7, 11) is 0. The maximum atomic E-state index is 8.65. The first-order chi connectivity index (χ1) is 5.22. The molecule has 0 aliphatic rings. The number of thiocarbonyl (C=S) groups is 1. The predicted octanol–water partition coefficient (Wildman–Crippen LogP) is 1.30. The highest BCUT2D eigenvalue weighted by atomic mass is 32.1. The van der Waals surface area contributed by atoms with Crippen LogP contribution >= 0.6 is 24.8 Å². The lowest BCUT2D eigenvalue weighted by atomic mass is 10.3. The van der Waals surface area contributed by atoms with E-state index in [0.717, 1.165) is 19.4 Å². The predicted molar refractivity (Wildman–Crippen MR) is 55.2 cm³/mol. The van der Waals surface area contributed by atoms with Crippen LogP contribution in [0.4, 0.5) is 0 Å². The van der Waals surface area contributed by atoms with Gasteiger partial charge >= 0.3 is 0 Å². The summed E-state index contributed by atoms with van der Waals surface area (Å²) in [5.41, 5.74) is 0. The number of hydrogen-bond donors (Lipinski definition) is 2. The number of hydrogen-bond acceptors (Lipinski definition) is 2. The Bertz CT molecular complexity index is 119. The summed E-state index contributed by atoms with van der Waals surface area (Å²) in [4.78, 5) is 1.90. The van der Waals surface area contributed by atoms with Gasteiger partial charge in [-0.2, -0.15) is 0 Å². The Morgan fingerprint density at radius 1 is 1.55 bits per heavy atom. The Labute approximate surface area is 79.0 Å². The zero-order valence-electron chi connectivity index (χ0n) is 6.79. The summed E-state index contributed by atoms with van der Waals surface area (Å²) < 4.78 is 0.576. The second-order valence-corrected chi connectivity index (χ2v) is 3.46. The second-order valence-electron chi connectivity index (χ2n) is 2.35. The Hall–Kier alpha value is 0.200. The lowest BCUT2D eigenvalue weighted by Crippen LogP contribution is -2.30. The van der Waals surface area contributed by atoms with Gasteiger partial charge in [-0.3, -0.25) is 0 Å². The summed E-state index contributed by atoms with van der Waals surface area (Å²) in [6.07, 6.45) is 2.24. The molecule has 0 atom stereocenters. The average molecular weight is 193 g/mol. The molecular weight excluding hydrogens is 178 g/mol. The summed E-state index contributed by atoms with van der Waals surface area (Å²) in [6.45, 7) is 3.77. The minimum atomic E-state index is 0.143. The van der Waals surface area contributed by atoms with Gasteiger partial charge in [-0.05, 0) is 6.42 Å². The van der Waals surface area contributed by atoms with Crippen LogP contribution in [0.25, 0.3) is 0 Å². The van der Waals surface area contributed by atoms with E-state index in [0.29, 0.717) is 10.9 Å². The fourth-order valence-corrected chi connectivity index (χ4v) is 1.16. The van der Waals surface area contributed by atoms with Crippen molar-refractivity contribution in [3.8, 4) is 0 Å². The fraction of sp³-hybridized carbons (Fsp3) is 0.857. The van der Waals surface area contributed by atoms with Crippen molar-refractivity contribution < 1.29 is 5.11 Å². The first kappa shape index (κ1) is 11.2. The van der Waals surface area contributed by atoms with Gasteiger partial charge in [0.2, 0.25) is 0 Å². The van der Waals surface area contributed by atoms with E-state index in [1.165, 1.54) is 0 Å². The molecule has 0 fully saturated rings. The number of aliphatic hydroxyl groups is 1. The molecule has 2 nitrogen and oxygen atoms in total. The van der Waals surface area contributed by atoms with Crippen molar-refractivity contribution in [2.24, 2.45) is 0 Å². The normalized spacial score (nSPS) is 9.73. The van der Waals surface area contributed by atoms with E-state index in [4.69, 9.17) is 17.3 Å². The van der Waals surface area contributed by atoms with E-state index in [1.54, 1.807) is 0 Å². The first-order valence-corrected chi connectivity index (χ1v) is 4.66. The monoisotopic (exact) mass is 193 g/mol. The van der Waals surface area contributed by atoms with Crippen LogP contribution in [0, 0.1) is 0 Å². The van der Waals surface area contributed by atoms with E-state index < -0.39 is 0 Å². The molecule has 4 heteroatoms. The third-order valence-electron chi connectivity index (χ3n) is 1.42. The van der Waals surface area contributed by atoms with Gasteiger partial charge in [-0.25, -0.2) is 0 Å². The van der Waals surface area contributed by atoms with Crippen LogP contribution in [0.15, 0.2) is 0 Å². The molecule has 66 valence electrons. The van der Waals surface area contributed by atoms with E-state index in [-0.39, 0.29) is 6.61 Å². The van der Waals surface area contributed by atoms with Gasteiger partial charge in [-0.15, -0.1) is 12.6 Å². The van der Waals surface area contributed by atoms with Crippen molar-refractivity contribution >= 4 is 29.2 Å². The minimum absolute atomic E-state index is 0.143. The number of rotatable bonds is 5. The van der Waals surface area contributed by atoms with Gasteiger partial charge in [0.15, 0.2) is 0 Å². The highest BCUT2D eigenvalue weighted by Gasteiger charge is 2.02.